The molecule has 0 fully saturated rings. The fraction of sp³-hybridized carbons (Fsp3) is 0.167. The molecule has 1 atom stereocenters. The predicted octanol–water partition coefficient (Wildman–Crippen LogP) is 4.70. The highest BCUT2D eigenvalue weighted by atomic mass is 16.5. The van der Waals surface area contributed by atoms with Gasteiger partial charge in [-0.3, -0.25) is 9.59 Å². The molecule has 142 valence electrons. The van der Waals surface area contributed by atoms with Crippen LogP contribution in [0.15, 0.2) is 84.9 Å². The largest absolute Gasteiger partial charge is 0.452 e. The zero-order valence-electron chi connectivity index (χ0n) is 16.0. The van der Waals surface area contributed by atoms with E-state index in [2.05, 4.69) is 5.32 Å². The first-order chi connectivity index (χ1) is 13.5. The molecule has 4 nitrogen and oxygen atoms in total. The lowest BCUT2D eigenvalue weighted by molar-refractivity contribution is -0.153. The molecule has 0 saturated heterocycles. The van der Waals surface area contributed by atoms with E-state index in [4.69, 9.17) is 4.74 Å². The molecule has 28 heavy (non-hydrogen) atoms. The number of ether oxygens (including phenoxy) is 1. The van der Waals surface area contributed by atoms with Crippen molar-refractivity contribution < 1.29 is 14.3 Å². The predicted molar refractivity (Wildman–Crippen MR) is 110 cm³/mol. The number of nitrogens with one attached hydrogen (secondary N) is 1. The average molecular weight is 373 g/mol. The van der Waals surface area contributed by atoms with Crippen LogP contribution in [0.1, 0.15) is 29.5 Å². The summed E-state index contributed by atoms with van der Waals surface area (Å²) < 4.78 is 5.53. The van der Waals surface area contributed by atoms with Gasteiger partial charge < -0.3 is 10.1 Å². The lowest BCUT2D eigenvalue weighted by atomic mass is 9.91. The summed E-state index contributed by atoms with van der Waals surface area (Å²) >= 11 is 0. The van der Waals surface area contributed by atoms with Crippen LogP contribution >= 0.6 is 0 Å². The first-order valence-electron chi connectivity index (χ1n) is 9.22. The second-order valence-corrected chi connectivity index (χ2v) is 6.69. The van der Waals surface area contributed by atoms with E-state index in [-0.39, 0.29) is 5.91 Å². The van der Waals surface area contributed by atoms with E-state index in [1.54, 1.807) is 13.0 Å². The topological polar surface area (TPSA) is 55.4 Å². The van der Waals surface area contributed by atoms with E-state index in [0.717, 1.165) is 16.7 Å². The Hall–Kier alpha value is -3.40. The van der Waals surface area contributed by atoms with Crippen LogP contribution in [0.5, 0.6) is 0 Å². The van der Waals surface area contributed by atoms with Gasteiger partial charge in [0, 0.05) is 5.69 Å². The molecule has 1 unspecified atom stereocenters. The standard InChI is InChI=1S/C24H23NO3/c1-17-10-9-15-21(16-17)25-23(26)18(2)28-24(27)22(19-11-5-3-6-12-19)20-13-7-4-8-14-20/h3-16,18,22H,1-2H3,(H,25,26). The minimum absolute atomic E-state index is 0.362. The van der Waals surface area contributed by atoms with Crippen molar-refractivity contribution in [1.29, 1.82) is 0 Å². The Balaban J connectivity index is 1.75. The molecule has 0 spiro atoms. The molecule has 0 radical (unpaired) electrons. The van der Waals surface area contributed by atoms with Crippen molar-refractivity contribution in [2.24, 2.45) is 0 Å². The Morgan fingerprint density at radius 2 is 1.39 bits per heavy atom. The van der Waals surface area contributed by atoms with Crippen LogP contribution in [0.2, 0.25) is 0 Å². The highest BCUT2D eigenvalue weighted by molar-refractivity contribution is 5.95. The number of benzene rings is 3. The number of hydrogen-bond acceptors (Lipinski definition) is 3. The molecule has 1 N–H and O–H groups in total. The molecular formula is C24H23NO3. The molecule has 0 aliphatic rings. The number of carbonyl (C=O) groups is 2. The molecule has 0 saturated carbocycles. The zero-order valence-corrected chi connectivity index (χ0v) is 16.0. The van der Waals surface area contributed by atoms with Crippen LogP contribution < -0.4 is 5.32 Å². The quantitative estimate of drug-likeness (QED) is 0.637. The molecule has 0 aliphatic heterocycles. The van der Waals surface area contributed by atoms with Crippen molar-refractivity contribution in [3.8, 4) is 0 Å². The van der Waals surface area contributed by atoms with Crippen LogP contribution in [0.25, 0.3) is 0 Å². The van der Waals surface area contributed by atoms with Crippen molar-refractivity contribution >= 4 is 17.6 Å². The summed E-state index contributed by atoms with van der Waals surface area (Å²) in [6.07, 6.45) is -0.914. The maximum absolute atomic E-state index is 13.0. The van der Waals surface area contributed by atoms with E-state index < -0.39 is 18.0 Å². The molecule has 3 rings (SSSR count). The minimum Gasteiger partial charge on any atom is -0.452 e. The Morgan fingerprint density at radius 3 is 1.93 bits per heavy atom. The van der Waals surface area contributed by atoms with Gasteiger partial charge in [-0.2, -0.15) is 0 Å². The summed E-state index contributed by atoms with van der Waals surface area (Å²) in [4.78, 5) is 25.4. The van der Waals surface area contributed by atoms with Crippen LogP contribution in [-0.4, -0.2) is 18.0 Å². The second kappa shape index (κ2) is 9.00. The Bertz CT molecular complexity index is 899. The SMILES string of the molecule is Cc1cccc(NC(=O)C(C)OC(=O)C(c2ccccc2)c2ccccc2)c1. The monoisotopic (exact) mass is 373 g/mol. The lowest BCUT2D eigenvalue weighted by Gasteiger charge is -2.20. The van der Waals surface area contributed by atoms with Crippen molar-refractivity contribution in [3.05, 3.63) is 102 Å². The first kappa shape index (κ1) is 19.4. The first-order valence-corrected chi connectivity index (χ1v) is 9.22. The highest BCUT2D eigenvalue weighted by Gasteiger charge is 2.27. The Morgan fingerprint density at radius 1 is 0.821 bits per heavy atom. The molecule has 0 heterocycles. The van der Waals surface area contributed by atoms with E-state index in [1.165, 1.54) is 0 Å². The average Bonchev–Trinajstić information content (AvgIpc) is 2.70. The van der Waals surface area contributed by atoms with Gasteiger partial charge in [-0.15, -0.1) is 0 Å². The van der Waals surface area contributed by atoms with Gasteiger partial charge >= 0.3 is 5.97 Å². The van der Waals surface area contributed by atoms with Crippen LogP contribution in [0, 0.1) is 6.92 Å². The molecule has 3 aromatic carbocycles. The summed E-state index contributed by atoms with van der Waals surface area (Å²) in [5.74, 6) is -1.40. The summed E-state index contributed by atoms with van der Waals surface area (Å²) in [7, 11) is 0. The Labute approximate surface area is 165 Å². The van der Waals surface area contributed by atoms with Gasteiger partial charge in [-0.1, -0.05) is 72.8 Å². The fourth-order valence-electron chi connectivity index (χ4n) is 3.02. The van der Waals surface area contributed by atoms with Crippen LogP contribution in [-0.2, 0) is 14.3 Å². The number of hydrogen-bond donors (Lipinski definition) is 1. The number of amides is 1. The smallest absolute Gasteiger partial charge is 0.318 e. The maximum atomic E-state index is 13.0. The number of aryl methyl sites for hydroxylation is 1. The molecule has 4 heteroatoms. The zero-order chi connectivity index (χ0) is 19.9. The number of rotatable bonds is 6. The number of anilines is 1. The van der Waals surface area contributed by atoms with Gasteiger partial charge in [0.05, 0.1) is 0 Å². The molecule has 0 bridgehead atoms. The summed E-state index contributed by atoms with van der Waals surface area (Å²) in [5, 5.41) is 2.79. The molecular weight excluding hydrogens is 350 g/mol. The lowest BCUT2D eigenvalue weighted by Crippen LogP contribution is -2.32. The van der Waals surface area contributed by atoms with Gasteiger partial charge in [0.2, 0.25) is 0 Å². The van der Waals surface area contributed by atoms with Gasteiger partial charge in [0.1, 0.15) is 5.92 Å². The van der Waals surface area contributed by atoms with E-state index in [0.29, 0.717) is 5.69 Å². The highest BCUT2D eigenvalue weighted by Crippen LogP contribution is 2.26. The Kier molecular flexibility index (Phi) is 6.22. The van der Waals surface area contributed by atoms with Gasteiger partial charge in [0.25, 0.3) is 5.91 Å². The van der Waals surface area contributed by atoms with E-state index in [9.17, 15) is 9.59 Å². The second-order valence-electron chi connectivity index (χ2n) is 6.69. The summed E-state index contributed by atoms with van der Waals surface area (Å²) in [5.41, 5.74) is 3.36. The van der Waals surface area contributed by atoms with Crippen molar-refractivity contribution in [1.82, 2.24) is 0 Å². The fourth-order valence-corrected chi connectivity index (χ4v) is 3.02. The molecule has 3 aromatic rings. The third-order valence-electron chi connectivity index (χ3n) is 4.45. The van der Waals surface area contributed by atoms with Crippen molar-refractivity contribution in [2.45, 2.75) is 25.9 Å². The molecule has 1 amide bonds. The van der Waals surface area contributed by atoms with Gasteiger partial charge in [-0.25, -0.2) is 0 Å². The molecule has 0 aromatic heterocycles. The maximum Gasteiger partial charge on any atom is 0.318 e. The van der Waals surface area contributed by atoms with Gasteiger partial charge in [-0.05, 0) is 42.7 Å². The minimum atomic E-state index is -0.914. The van der Waals surface area contributed by atoms with Crippen LogP contribution in [0.3, 0.4) is 0 Å². The molecule has 0 aliphatic carbocycles. The van der Waals surface area contributed by atoms with Crippen LogP contribution in [0.4, 0.5) is 5.69 Å². The third-order valence-corrected chi connectivity index (χ3v) is 4.45. The summed E-state index contributed by atoms with van der Waals surface area (Å²) in [6, 6.07) is 26.3. The van der Waals surface area contributed by atoms with Crippen molar-refractivity contribution in [3.63, 3.8) is 0 Å². The van der Waals surface area contributed by atoms with Crippen molar-refractivity contribution in [2.75, 3.05) is 5.32 Å². The third kappa shape index (κ3) is 4.86. The summed E-state index contributed by atoms with van der Waals surface area (Å²) in [6.45, 7) is 3.53. The number of carbonyl (C=O) groups excluding carboxylic acids is 2. The number of esters is 1. The normalized spacial score (nSPS) is 11.7. The van der Waals surface area contributed by atoms with E-state index >= 15 is 0 Å². The van der Waals surface area contributed by atoms with Gasteiger partial charge in [0.15, 0.2) is 6.10 Å². The van der Waals surface area contributed by atoms with E-state index in [1.807, 2.05) is 85.8 Å².